The molecule has 2 unspecified atom stereocenters. The summed E-state index contributed by atoms with van der Waals surface area (Å²) >= 11 is 0. The lowest BCUT2D eigenvalue weighted by atomic mass is 9.95. The molecule has 2 atom stereocenters. The summed E-state index contributed by atoms with van der Waals surface area (Å²) in [4.78, 5) is 24.5. The molecule has 0 spiro atoms. The highest BCUT2D eigenvalue weighted by atomic mass is 35.5. The van der Waals surface area contributed by atoms with Crippen molar-refractivity contribution in [3.05, 3.63) is 35.4 Å². The fourth-order valence-electron chi connectivity index (χ4n) is 2.70. The Kier molecular flexibility index (Phi) is 7.90. The Balaban J connectivity index is 0.00000312. The first kappa shape index (κ1) is 21.5. The van der Waals surface area contributed by atoms with E-state index in [0.717, 1.165) is 19.5 Å². The summed E-state index contributed by atoms with van der Waals surface area (Å²) in [6, 6.07) is 7.05. The van der Waals surface area contributed by atoms with Crippen molar-refractivity contribution >= 4 is 24.2 Å². The van der Waals surface area contributed by atoms with Gasteiger partial charge in [-0.05, 0) is 55.1 Å². The summed E-state index contributed by atoms with van der Waals surface area (Å²) in [5, 5.41) is 9.34. The molecule has 1 aliphatic heterocycles. The first-order valence-electron chi connectivity index (χ1n) is 8.66. The van der Waals surface area contributed by atoms with Crippen molar-refractivity contribution in [2.75, 3.05) is 19.6 Å². The van der Waals surface area contributed by atoms with Gasteiger partial charge in [0.15, 0.2) is 0 Å². The third-order valence-corrected chi connectivity index (χ3v) is 4.29. The van der Waals surface area contributed by atoms with Gasteiger partial charge in [-0.25, -0.2) is 0 Å². The quantitative estimate of drug-likeness (QED) is 0.766. The monoisotopic (exact) mass is 367 g/mol. The number of benzene rings is 1. The Morgan fingerprint density at radius 2 is 1.68 bits per heavy atom. The van der Waals surface area contributed by atoms with Gasteiger partial charge in [0, 0.05) is 23.7 Å². The average Bonchev–Trinajstić information content (AvgIpc) is 2.54. The molecule has 3 N–H and O–H groups in total. The average molecular weight is 368 g/mol. The van der Waals surface area contributed by atoms with Crippen LogP contribution in [0, 0.1) is 11.3 Å². The minimum Gasteiger partial charge on any atom is -0.352 e. The molecule has 0 bridgehead atoms. The molecule has 1 aliphatic rings. The molecule has 0 radical (unpaired) electrons. The molecule has 5 nitrogen and oxygen atoms in total. The van der Waals surface area contributed by atoms with Gasteiger partial charge in [0.2, 0.25) is 0 Å². The van der Waals surface area contributed by atoms with Crippen LogP contribution >= 0.6 is 12.4 Å². The summed E-state index contributed by atoms with van der Waals surface area (Å²) in [5.74, 6) is 0.240. The van der Waals surface area contributed by atoms with Crippen LogP contribution in [0.15, 0.2) is 24.3 Å². The van der Waals surface area contributed by atoms with Gasteiger partial charge in [0.25, 0.3) is 11.8 Å². The van der Waals surface area contributed by atoms with Crippen molar-refractivity contribution < 1.29 is 9.59 Å². The highest BCUT2D eigenvalue weighted by Crippen LogP contribution is 2.13. The molecule has 25 heavy (non-hydrogen) atoms. The normalized spacial score (nSPS) is 20.3. The van der Waals surface area contributed by atoms with Crippen LogP contribution in [0.5, 0.6) is 0 Å². The van der Waals surface area contributed by atoms with Gasteiger partial charge in [-0.15, -0.1) is 12.4 Å². The van der Waals surface area contributed by atoms with E-state index in [-0.39, 0.29) is 35.7 Å². The van der Waals surface area contributed by atoms with Gasteiger partial charge in [-0.1, -0.05) is 27.7 Å². The molecule has 2 amide bonds. The Morgan fingerprint density at radius 3 is 2.20 bits per heavy atom. The second kappa shape index (κ2) is 9.20. The molecule has 1 saturated heterocycles. The first-order valence-corrected chi connectivity index (χ1v) is 8.66. The molecule has 140 valence electrons. The number of hydrogen-bond acceptors (Lipinski definition) is 3. The van der Waals surface area contributed by atoms with Crippen LogP contribution < -0.4 is 16.0 Å². The maximum Gasteiger partial charge on any atom is 0.251 e. The van der Waals surface area contributed by atoms with Gasteiger partial charge < -0.3 is 16.0 Å². The molecule has 1 fully saturated rings. The number of nitrogens with one attached hydrogen (secondary N) is 3. The second-order valence-corrected chi connectivity index (χ2v) is 7.87. The number of rotatable bonds is 4. The van der Waals surface area contributed by atoms with Crippen LogP contribution in [0.4, 0.5) is 0 Å². The fourth-order valence-corrected chi connectivity index (χ4v) is 2.70. The Labute approximate surface area is 156 Å². The van der Waals surface area contributed by atoms with Gasteiger partial charge >= 0.3 is 0 Å². The van der Waals surface area contributed by atoms with Crippen LogP contribution in [-0.4, -0.2) is 37.5 Å². The van der Waals surface area contributed by atoms with Crippen molar-refractivity contribution in [2.45, 2.75) is 40.2 Å². The van der Waals surface area contributed by atoms with E-state index in [1.165, 1.54) is 0 Å². The van der Waals surface area contributed by atoms with Crippen LogP contribution in [0.25, 0.3) is 0 Å². The lowest BCUT2D eigenvalue weighted by molar-refractivity contribution is 0.0909. The van der Waals surface area contributed by atoms with Crippen molar-refractivity contribution in [1.29, 1.82) is 0 Å². The van der Waals surface area contributed by atoms with Crippen LogP contribution in [0.2, 0.25) is 0 Å². The minimum absolute atomic E-state index is 0. The van der Waals surface area contributed by atoms with E-state index in [0.29, 0.717) is 23.6 Å². The Morgan fingerprint density at radius 1 is 1.12 bits per heavy atom. The van der Waals surface area contributed by atoms with Crippen molar-refractivity contribution in [2.24, 2.45) is 11.3 Å². The maximum absolute atomic E-state index is 12.4. The van der Waals surface area contributed by atoms with Crippen LogP contribution in [0.3, 0.4) is 0 Å². The molecule has 1 aromatic carbocycles. The zero-order valence-electron chi connectivity index (χ0n) is 15.5. The van der Waals surface area contributed by atoms with E-state index in [4.69, 9.17) is 0 Å². The van der Waals surface area contributed by atoms with Crippen molar-refractivity contribution in [1.82, 2.24) is 16.0 Å². The zero-order valence-corrected chi connectivity index (χ0v) is 16.3. The van der Waals surface area contributed by atoms with E-state index < -0.39 is 0 Å². The predicted molar refractivity (Wildman–Crippen MR) is 103 cm³/mol. The number of amides is 2. The van der Waals surface area contributed by atoms with E-state index in [2.05, 4.69) is 43.6 Å². The zero-order chi connectivity index (χ0) is 17.7. The number of carbonyl (C=O) groups is 2. The summed E-state index contributed by atoms with van der Waals surface area (Å²) in [5.41, 5.74) is 1.21. The lowest BCUT2D eigenvalue weighted by Gasteiger charge is -2.30. The molecule has 6 heteroatoms. The number of piperidine rings is 1. The molecule has 2 rings (SSSR count). The van der Waals surface area contributed by atoms with Gasteiger partial charge in [-0.2, -0.15) is 0 Å². The molecular formula is C19H30ClN3O2. The molecular weight excluding hydrogens is 338 g/mol. The Hall–Kier alpha value is -1.59. The van der Waals surface area contributed by atoms with Crippen molar-refractivity contribution in [3.63, 3.8) is 0 Å². The summed E-state index contributed by atoms with van der Waals surface area (Å²) in [6.07, 6.45) is 0.945. The summed E-state index contributed by atoms with van der Waals surface area (Å²) < 4.78 is 0. The maximum atomic E-state index is 12.4. The number of halogens is 1. The highest BCUT2D eigenvalue weighted by Gasteiger charge is 2.23. The predicted octanol–water partition coefficient (Wildman–Crippen LogP) is 2.61. The SMILES string of the molecule is CC1CNCCC1NC(=O)c1ccc(C(=O)NCC(C)(C)C)cc1.Cl. The van der Waals surface area contributed by atoms with E-state index >= 15 is 0 Å². The molecule has 1 aromatic rings. The standard InChI is InChI=1S/C19H29N3O2.ClH/c1-13-11-20-10-9-16(13)22-18(24)15-7-5-14(6-8-15)17(23)21-12-19(2,3)4;/h5-8,13,16,20H,9-12H2,1-4H3,(H,21,23)(H,22,24);1H. The van der Waals surface area contributed by atoms with Gasteiger partial charge in [-0.3, -0.25) is 9.59 Å². The van der Waals surface area contributed by atoms with Crippen LogP contribution in [0.1, 0.15) is 54.8 Å². The van der Waals surface area contributed by atoms with E-state index in [1.807, 2.05) is 0 Å². The highest BCUT2D eigenvalue weighted by molar-refractivity contribution is 5.97. The summed E-state index contributed by atoms with van der Waals surface area (Å²) in [7, 11) is 0. The summed E-state index contributed by atoms with van der Waals surface area (Å²) in [6.45, 7) is 10.8. The molecule has 0 aliphatic carbocycles. The van der Waals surface area contributed by atoms with E-state index in [9.17, 15) is 9.59 Å². The first-order chi connectivity index (χ1) is 11.3. The number of hydrogen-bond donors (Lipinski definition) is 3. The van der Waals surface area contributed by atoms with Gasteiger partial charge in [0.1, 0.15) is 0 Å². The minimum atomic E-state index is -0.108. The van der Waals surface area contributed by atoms with Crippen LogP contribution in [-0.2, 0) is 0 Å². The third kappa shape index (κ3) is 6.67. The Bertz CT molecular complexity index is 581. The molecule has 0 saturated carbocycles. The largest absolute Gasteiger partial charge is 0.352 e. The lowest BCUT2D eigenvalue weighted by Crippen LogP contribution is -2.48. The molecule has 1 heterocycles. The second-order valence-electron chi connectivity index (χ2n) is 7.87. The number of carbonyl (C=O) groups excluding carboxylic acids is 2. The smallest absolute Gasteiger partial charge is 0.251 e. The van der Waals surface area contributed by atoms with Crippen molar-refractivity contribution in [3.8, 4) is 0 Å². The van der Waals surface area contributed by atoms with E-state index in [1.54, 1.807) is 24.3 Å². The fraction of sp³-hybridized carbons (Fsp3) is 0.579. The third-order valence-electron chi connectivity index (χ3n) is 4.29. The topological polar surface area (TPSA) is 70.2 Å². The van der Waals surface area contributed by atoms with Gasteiger partial charge in [0.05, 0.1) is 0 Å². The molecule has 0 aromatic heterocycles.